The SMILES string of the molecule is COC(=O)N1CCc2cccc(N3CCNCC3)c2C1. The first-order valence-corrected chi connectivity index (χ1v) is 7.19. The molecule has 1 aromatic rings. The number of hydrogen-bond donors (Lipinski definition) is 1. The summed E-state index contributed by atoms with van der Waals surface area (Å²) in [5, 5.41) is 3.37. The van der Waals surface area contributed by atoms with Gasteiger partial charge in [-0.05, 0) is 23.6 Å². The van der Waals surface area contributed by atoms with Crippen LogP contribution < -0.4 is 10.2 Å². The molecule has 5 heteroatoms. The summed E-state index contributed by atoms with van der Waals surface area (Å²) in [5.41, 5.74) is 3.92. The van der Waals surface area contributed by atoms with Gasteiger partial charge in [0.05, 0.1) is 13.7 Å². The van der Waals surface area contributed by atoms with Gasteiger partial charge in [0.1, 0.15) is 0 Å². The molecule has 0 saturated carbocycles. The lowest BCUT2D eigenvalue weighted by molar-refractivity contribution is 0.118. The van der Waals surface area contributed by atoms with Crippen molar-refractivity contribution >= 4 is 11.8 Å². The zero-order chi connectivity index (χ0) is 13.9. The van der Waals surface area contributed by atoms with Crippen LogP contribution in [0.25, 0.3) is 0 Å². The Morgan fingerprint density at radius 3 is 2.80 bits per heavy atom. The fourth-order valence-corrected chi connectivity index (χ4v) is 3.05. The van der Waals surface area contributed by atoms with Gasteiger partial charge in [-0.3, -0.25) is 0 Å². The highest BCUT2D eigenvalue weighted by Crippen LogP contribution is 2.29. The number of nitrogens with zero attached hydrogens (tertiary/aromatic N) is 2. The zero-order valence-corrected chi connectivity index (χ0v) is 11.9. The number of hydrogen-bond acceptors (Lipinski definition) is 4. The molecule has 0 spiro atoms. The van der Waals surface area contributed by atoms with Crippen molar-refractivity contribution in [1.29, 1.82) is 0 Å². The van der Waals surface area contributed by atoms with Crippen molar-refractivity contribution in [3.8, 4) is 0 Å². The van der Waals surface area contributed by atoms with Gasteiger partial charge in [-0.25, -0.2) is 4.79 Å². The minimum atomic E-state index is -0.231. The third-order valence-electron chi connectivity index (χ3n) is 4.14. The van der Waals surface area contributed by atoms with Crippen LogP contribution in [0.1, 0.15) is 11.1 Å². The molecule has 0 aromatic heterocycles. The Hall–Kier alpha value is -1.75. The van der Waals surface area contributed by atoms with E-state index in [9.17, 15) is 4.79 Å². The molecule has 1 aromatic carbocycles. The summed E-state index contributed by atoms with van der Waals surface area (Å²) in [4.78, 5) is 15.9. The zero-order valence-electron chi connectivity index (χ0n) is 11.9. The molecule has 0 bridgehead atoms. The number of ether oxygens (including phenoxy) is 1. The standard InChI is InChI=1S/C15H21N3O2/c1-20-15(19)18-8-5-12-3-2-4-14(13(12)11-18)17-9-6-16-7-10-17/h2-4,16H,5-11H2,1H3. The van der Waals surface area contributed by atoms with E-state index in [4.69, 9.17) is 4.74 Å². The fourth-order valence-electron chi connectivity index (χ4n) is 3.05. The second-order valence-corrected chi connectivity index (χ2v) is 5.29. The normalized spacial score (nSPS) is 18.6. The maximum Gasteiger partial charge on any atom is 0.409 e. The molecule has 2 heterocycles. The van der Waals surface area contributed by atoms with Crippen LogP contribution in [0.15, 0.2) is 18.2 Å². The number of carbonyl (C=O) groups is 1. The molecule has 3 rings (SSSR count). The van der Waals surface area contributed by atoms with E-state index in [1.807, 2.05) is 0 Å². The Balaban J connectivity index is 1.88. The van der Waals surface area contributed by atoms with Gasteiger partial charge in [-0.15, -0.1) is 0 Å². The summed E-state index contributed by atoms with van der Waals surface area (Å²) in [6.45, 7) is 5.48. The number of anilines is 1. The van der Waals surface area contributed by atoms with E-state index in [0.29, 0.717) is 6.54 Å². The maximum absolute atomic E-state index is 11.7. The summed E-state index contributed by atoms with van der Waals surface area (Å²) in [6, 6.07) is 6.48. The molecule has 0 atom stereocenters. The summed E-state index contributed by atoms with van der Waals surface area (Å²) in [7, 11) is 1.44. The van der Waals surface area contributed by atoms with Crippen LogP contribution in [0.3, 0.4) is 0 Å². The number of rotatable bonds is 1. The molecule has 1 fully saturated rings. The molecule has 20 heavy (non-hydrogen) atoms. The van der Waals surface area contributed by atoms with Crippen molar-refractivity contribution in [2.75, 3.05) is 44.7 Å². The molecular formula is C15H21N3O2. The van der Waals surface area contributed by atoms with Gasteiger partial charge in [0.25, 0.3) is 0 Å². The van der Waals surface area contributed by atoms with E-state index in [1.54, 1.807) is 4.90 Å². The van der Waals surface area contributed by atoms with Crippen LogP contribution in [0.5, 0.6) is 0 Å². The summed E-state index contributed by atoms with van der Waals surface area (Å²) in [6.07, 6.45) is 0.676. The number of nitrogens with one attached hydrogen (secondary N) is 1. The lowest BCUT2D eigenvalue weighted by atomic mass is 9.97. The molecular weight excluding hydrogens is 254 g/mol. The highest BCUT2D eigenvalue weighted by molar-refractivity contribution is 5.69. The third-order valence-corrected chi connectivity index (χ3v) is 4.14. The first kappa shape index (κ1) is 13.2. The highest BCUT2D eigenvalue weighted by Gasteiger charge is 2.25. The van der Waals surface area contributed by atoms with Crippen molar-refractivity contribution < 1.29 is 9.53 Å². The number of amides is 1. The number of benzene rings is 1. The first-order chi connectivity index (χ1) is 9.79. The second kappa shape index (κ2) is 5.71. The molecule has 1 saturated heterocycles. The molecule has 0 aliphatic carbocycles. The molecule has 1 amide bonds. The second-order valence-electron chi connectivity index (χ2n) is 5.29. The number of methoxy groups -OCH3 is 1. The van der Waals surface area contributed by atoms with Crippen molar-refractivity contribution in [3.05, 3.63) is 29.3 Å². The van der Waals surface area contributed by atoms with Gasteiger partial charge in [0.2, 0.25) is 0 Å². The van der Waals surface area contributed by atoms with Crippen LogP contribution >= 0.6 is 0 Å². The van der Waals surface area contributed by atoms with Gasteiger partial charge in [-0.1, -0.05) is 12.1 Å². The quantitative estimate of drug-likeness (QED) is 0.837. The Kier molecular flexibility index (Phi) is 3.78. The summed E-state index contributed by atoms with van der Waals surface area (Å²) >= 11 is 0. The number of fused-ring (bicyclic) bond motifs is 1. The molecule has 108 valence electrons. The molecule has 0 radical (unpaired) electrons. The average Bonchev–Trinajstić information content (AvgIpc) is 2.54. The smallest absolute Gasteiger partial charge is 0.409 e. The monoisotopic (exact) mass is 275 g/mol. The van der Waals surface area contributed by atoms with E-state index in [0.717, 1.165) is 39.1 Å². The fraction of sp³-hybridized carbons (Fsp3) is 0.533. The number of piperazine rings is 1. The van der Waals surface area contributed by atoms with Crippen LogP contribution in [0.4, 0.5) is 10.5 Å². The van der Waals surface area contributed by atoms with Gasteiger partial charge >= 0.3 is 6.09 Å². The Bertz CT molecular complexity index is 498. The highest BCUT2D eigenvalue weighted by atomic mass is 16.5. The Morgan fingerprint density at radius 2 is 2.05 bits per heavy atom. The van der Waals surface area contributed by atoms with E-state index >= 15 is 0 Å². The van der Waals surface area contributed by atoms with Gasteiger partial charge < -0.3 is 19.9 Å². The van der Waals surface area contributed by atoms with Crippen LogP contribution in [0.2, 0.25) is 0 Å². The van der Waals surface area contributed by atoms with Gasteiger partial charge in [0, 0.05) is 38.4 Å². The number of carbonyl (C=O) groups excluding carboxylic acids is 1. The van der Waals surface area contributed by atoms with Crippen LogP contribution in [-0.4, -0.2) is 50.8 Å². The van der Waals surface area contributed by atoms with Gasteiger partial charge in [-0.2, -0.15) is 0 Å². The Morgan fingerprint density at radius 1 is 1.25 bits per heavy atom. The van der Waals surface area contributed by atoms with E-state index in [-0.39, 0.29) is 6.09 Å². The lowest BCUT2D eigenvalue weighted by Gasteiger charge is -2.35. The predicted octanol–water partition coefficient (Wildman–Crippen LogP) is 1.22. The van der Waals surface area contributed by atoms with Gasteiger partial charge in [0.15, 0.2) is 0 Å². The lowest BCUT2D eigenvalue weighted by Crippen LogP contribution is -2.44. The third kappa shape index (κ3) is 2.45. The topological polar surface area (TPSA) is 44.8 Å². The molecule has 2 aliphatic rings. The first-order valence-electron chi connectivity index (χ1n) is 7.19. The maximum atomic E-state index is 11.7. The van der Waals surface area contributed by atoms with Crippen LogP contribution in [-0.2, 0) is 17.7 Å². The molecule has 0 unspecified atom stereocenters. The minimum absolute atomic E-state index is 0.231. The largest absolute Gasteiger partial charge is 0.453 e. The summed E-state index contributed by atoms with van der Waals surface area (Å²) < 4.78 is 4.85. The van der Waals surface area contributed by atoms with E-state index in [1.165, 1.54) is 23.9 Å². The van der Waals surface area contributed by atoms with Crippen molar-refractivity contribution in [3.63, 3.8) is 0 Å². The molecule has 5 nitrogen and oxygen atoms in total. The minimum Gasteiger partial charge on any atom is -0.453 e. The average molecular weight is 275 g/mol. The molecule has 1 N–H and O–H groups in total. The van der Waals surface area contributed by atoms with Crippen molar-refractivity contribution in [2.24, 2.45) is 0 Å². The summed E-state index contributed by atoms with van der Waals surface area (Å²) in [5.74, 6) is 0. The van der Waals surface area contributed by atoms with Crippen LogP contribution in [0, 0.1) is 0 Å². The predicted molar refractivity (Wildman–Crippen MR) is 78.0 cm³/mol. The van der Waals surface area contributed by atoms with Crippen molar-refractivity contribution in [2.45, 2.75) is 13.0 Å². The van der Waals surface area contributed by atoms with Crippen molar-refractivity contribution in [1.82, 2.24) is 10.2 Å². The van der Waals surface area contributed by atoms with E-state index in [2.05, 4.69) is 28.4 Å². The Labute approximate surface area is 119 Å². The van der Waals surface area contributed by atoms with E-state index < -0.39 is 0 Å². The molecule has 2 aliphatic heterocycles.